The van der Waals surface area contributed by atoms with E-state index < -0.39 is 18.9 Å². The fourth-order valence-corrected chi connectivity index (χ4v) is 2.65. The molecule has 2 N–H and O–H groups in total. The minimum absolute atomic E-state index is 0.0732. The van der Waals surface area contributed by atoms with Crippen molar-refractivity contribution in [3.63, 3.8) is 0 Å². The van der Waals surface area contributed by atoms with Gasteiger partial charge in [-0.2, -0.15) is 13.2 Å². The van der Waals surface area contributed by atoms with Gasteiger partial charge in [-0.1, -0.05) is 0 Å². The lowest BCUT2D eigenvalue weighted by molar-refractivity contribution is -0.179. The number of nitrogens with one attached hydrogen (secondary N) is 1. The van der Waals surface area contributed by atoms with E-state index in [1.54, 1.807) is 23.2 Å². The number of carbonyl (C=O) groups is 1. The number of aromatic amines is 1. The third kappa shape index (κ3) is 6.14. The molecule has 0 aliphatic carbocycles. The average molecular weight is 349 g/mol. The van der Waals surface area contributed by atoms with E-state index in [0.29, 0.717) is 31.9 Å². The molecule has 0 bridgehead atoms. The predicted octanol–water partition coefficient (Wildman–Crippen LogP) is 1.10. The van der Waals surface area contributed by atoms with Gasteiger partial charge >= 0.3 is 6.18 Å². The summed E-state index contributed by atoms with van der Waals surface area (Å²) in [5, 5.41) is 9.80. The Morgan fingerprint density at radius 2 is 2.12 bits per heavy atom. The van der Waals surface area contributed by atoms with Crippen LogP contribution in [0.1, 0.15) is 16.9 Å². The maximum absolute atomic E-state index is 12.3. The van der Waals surface area contributed by atoms with E-state index >= 15 is 0 Å². The van der Waals surface area contributed by atoms with Crippen LogP contribution in [-0.2, 0) is 4.74 Å². The highest BCUT2D eigenvalue weighted by Crippen LogP contribution is 2.14. The predicted molar refractivity (Wildman–Crippen MR) is 80.6 cm³/mol. The minimum atomic E-state index is -4.39. The largest absolute Gasteiger partial charge is 0.411 e. The highest BCUT2D eigenvalue weighted by molar-refractivity contribution is 5.92. The number of nitrogens with zero attached hydrogens (tertiary/aromatic N) is 2. The second kappa shape index (κ2) is 8.50. The zero-order valence-electron chi connectivity index (χ0n) is 13.3. The van der Waals surface area contributed by atoms with Gasteiger partial charge in [0.1, 0.15) is 12.3 Å². The van der Waals surface area contributed by atoms with Crippen molar-refractivity contribution >= 4 is 5.91 Å². The minimum Gasteiger partial charge on any atom is -0.389 e. The van der Waals surface area contributed by atoms with Crippen LogP contribution in [0.15, 0.2) is 18.3 Å². The number of carbonyl (C=O) groups excluding carboxylic acids is 1. The van der Waals surface area contributed by atoms with Gasteiger partial charge < -0.3 is 19.7 Å². The smallest absolute Gasteiger partial charge is 0.389 e. The van der Waals surface area contributed by atoms with E-state index in [9.17, 15) is 23.1 Å². The number of aromatic nitrogens is 1. The molecule has 1 aromatic rings. The van der Waals surface area contributed by atoms with Gasteiger partial charge in [0.15, 0.2) is 0 Å². The third-order valence-corrected chi connectivity index (χ3v) is 3.75. The van der Waals surface area contributed by atoms with Crippen molar-refractivity contribution in [3.8, 4) is 0 Å². The zero-order valence-corrected chi connectivity index (χ0v) is 13.3. The second-order valence-corrected chi connectivity index (χ2v) is 5.81. The molecule has 1 aromatic heterocycles. The van der Waals surface area contributed by atoms with Gasteiger partial charge in [-0.3, -0.25) is 9.69 Å². The van der Waals surface area contributed by atoms with Gasteiger partial charge in [0.25, 0.3) is 5.91 Å². The summed E-state index contributed by atoms with van der Waals surface area (Å²) in [7, 11) is 0. The Morgan fingerprint density at radius 3 is 2.79 bits per heavy atom. The summed E-state index contributed by atoms with van der Waals surface area (Å²) in [6, 6.07) is 3.47. The second-order valence-electron chi connectivity index (χ2n) is 5.81. The van der Waals surface area contributed by atoms with Crippen molar-refractivity contribution in [2.24, 2.45) is 0 Å². The van der Waals surface area contributed by atoms with Crippen LogP contribution in [0.3, 0.4) is 0 Å². The molecule has 1 aliphatic heterocycles. The fraction of sp³-hybridized carbons (Fsp3) is 0.667. The number of halogens is 3. The summed E-state index contributed by atoms with van der Waals surface area (Å²) >= 11 is 0. The number of hydrogen-bond acceptors (Lipinski definition) is 4. The van der Waals surface area contributed by atoms with Gasteiger partial charge in [0, 0.05) is 32.4 Å². The number of β-amino-alcohol motifs (C(OH)–C–C–N with tert-alkyl or cyclic N) is 1. The molecule has 1 amide bonds. The first-order valence-electron chi connectivity index (χ1n) is 7.83. The molecule has 0 saturated carbocycles. The summed E-state index contributed by atoms with van der Waals surface area (Å²) in [5.74, 6) is -0.0732. The van der Waals surface area contributed by atoms with Gasteiger partial charge in [0.05, 0.1) is 12.7 Å². The number of aliphatic hydroxyl groups excluding tert-OH is 1. The van der Waals surface area contributed by atoms with Crippen LogP contribution in [0.5, 0.6) is 0 Å². The van der Waals surface area contributed by atoms with Crippen molar-refractivity contribution in [3.05, 3.63) is 24.0 Å². The van der Waals surface area contributed by atoms with Crippen molar-refractivity contribution in [2.75, 3.05) is 45.9 Å². The van der Waals surface area contributed by atoms with Gasteiger partial charge in [0.2, 0.25) is 0 Å². The molecule has 9 heteroatoms. The van der Waals surface area contributed by atoms with E-state index in [1.807, 2.05) is 4.90 Å². The van der Waals surface area contributed by atoms with Gasteiger partial charge in [-0.25, -0.2) is 0 Å². The molecule has 1 unspecified atom stereocenters. The van der Waals surface area contributed by atoms with Crippen LogP contribution < -0.4 is 0 Å². The SMILES string of the molecule is O=C(c1ccc[nH]1)N1CCCN(CC(O)COCC(F)(F)F)CC1. The first kappa shape index (κ1) is 18.8. The topological polar surface area (TPSA) is 68.8 Å². The van der Waals surface area contributed by atoms with Crippen LogP contribution >= 0.6 is 0 Å². The van der Waals surface area contributed by atoms with E-state index in [2.05, 4.69) is 9.72 Å². The monoisotopic (exact) mass is 349 g/mol. The third-order valence-electron chi connectivity index (χ3n) is 3.75. The zero-order chi connectivity index (χ0) is 17.6. The molecule has 0 spiro atoms. The van der Waals surface area contributed by atoms with E-state index in [4.69, 9.17) is 0 Å². The Labute approximate surface area is 138 Å². The van der Waals surface area contributed by atoms with Crippen LogP contribution in [0.25, 0.3) is 0 Å². The lowest BCUT2D eigenvalue weighted by atomic mass is 10.3. The lowest BCUT2D eigenvalue weighted by Crippen LogP contribution is -2.39. The number of aliphatic hydroxyl groups is 1. The Morgan fingerprint density at radius 1 is 1.33 bits per heavy atom. The number of ether oxygens (including phenoxy) is 1. The van der Waals surface area contributed by atoms with E-state index in [-0.39, 0.29) is 19.1 Å². The molecular formula is C15H22F3N3O3. The van der Waals surface area contributed by atoms with E-state index in [0.717, 1.165) is 6.42 Å². The summed E-state index contributed by atoms with van der Waals surface area (Å²) in [4.78, 5) is 18.8. The molecule has 6 nitrogen and oxygen atoms in total. The number of rotatable bonds is 6. The number of hydrogen-bond donors (Lipinski definition) is 2. The molecule has 2 heterocycles. The van der Waals surface area contributed by atoms with Crippen LogP contribution in [0.4, 0.5) is 13.2 Å². The Balaban J connectivity index is 1.73. The first-order chi connectivity index (χ1) is 11.3. The molecular weight excluding hydrogens is 327 g/mol. The van der Waals surface area contributed by atoms with E-state index in [1.165, 1.54) is 0 Å². The molecule has 1 fully saturated rings. The molecule has 1 aliphatic rings. The van der Waals surface area contributed by atoms with Crippen molar-refractivity contribution in [2.45, 2.75) is 18.7 Å². The highest BCUT2D eigenvalue weighted by atomic mass is 19.4. The summed E-state index contributed by atoms with van der Waals surface area (Å²) in [6.07, 6.45) is -2.95. The van der Waals surface area contributed by atoms with Crippen molar-refractivity contribution < 1.29 is 27.8 Å². The van der Waals surface area contributed by atoms with Crippen molar-refractivity contribution in [1.29, 1.82) is 0 Å². The molecule has 0 aromatic carbocycles. The molecule has 136 valence electrons. The molecule has 0 radical (unpaired) electrons. The normalized spacial score (nSPS) is 18.4. The number of amides is 1. The maximum atomic E-state index is 12.3. The van der Waals surface area contributed by atoms with Crippen LogP contribution in [0, 0.1) is 0 Å². The quantitative estimate of drug-likeness (QED) is 0.807. The average Bonchev–Trinajstić information content (AvgIpc) is 2.93. The Bertz CT molecular complexity index is 508. The molecule has 1 atom stereocenters. The van der Waals surface area contributed by atoms with Crippen LogP contribution in [0.2, 0.25) is 0 Å². The molecule has 2 rings (SSSR count). The highest BCUT2D eigenvalue weighted by Gasteiger charge is 2.28. The Kier molecular flexibility index (Phi) is 6.64. The van der Waals surface area contributed by atoms with Gasteiger partial charge in [-0.15, -0.1) is 0 Å². The molecule has 24 heavy (non-hydrogen) atoms. The fourth-order valence-electron chi connectivity index (χ4n) is 2.65. The van der Waals surface area contributed by atoms with Crippen LogP contribution in [-0.4, -0.2) is 84.0 Å². The van der Waals surface area contributed by atoms with Gasteiger partial charge in [-0.05, 0) is 25.1 Å². The number of H-pyrrole nitrogens is 1. The summed E-state index contributed by atoms with van der Waals surface area (Å²) in [6.45, 7) is 0.850. The molecule has 1 saturated heterocycles. The maximum Gasteiger partial charge on any atom is 0.411 e. The van der Waals surface area contributed by atoms with Crippen molar-refractivity contribution in [1.82, 2.24) is 14.8 Å². The lowest BCUT2D eigenvalue weighted by Gasteiger charge is -2.24. The Hall–Kier alpha value is -1.58. The first-order valence-corrected chi connectivity index (χ1v) is 7.83. The standard InChI is InChI=1S/C15H22F3N3O3/c16-15(17,18)11-24-10-12(22)9-20-5-2-6-21(8-7-20)14(23)13-3-1-4-19-13/h1,3-4,12,19,22H,2,5-11H2. The summed E-state index contributed by atoms with van der Waals surface area (Å²) < 4.78 is 40.5. The summed E-state index contributed by atoms with van der Waals surface area (Å²) in [5.41, 5.74) is 0.532. The number of alkyl halides is 3.